The molecule has 1 heterocycles. The molecular weight excluding hydrogens is 218 g/mol. The van der Waals surface area contributed by atoms with Gasteiger partial charge in [0.05, 0.1) is 5.69 Å². The summed E-state index contributed by atoms with van der Waals surface area (Å²) in [4.78, 5) is 22.2. The molecule has 0 fully saturated rings. The lowest BCUT2D eigenvalue weighted by Crippen LogP contribution is -2.18. The molecule has 2 aromatic rings. The van der Waals surface area contributed by atoms with Crippen LogP contribution in [0.25, 0.3) is 5.69 Å². The van der Waals surface area contributed by atoms with Crippen LogP contribution in [0.5, 0.6) is 0 Å². The molecule has 1 aromatic heterocycles. The van der Waals surface area contributed by atoms with E-state index in [0.29, 0.717) is 16.9 Å². The highest BCUT2D eigenvalue weighted by atomic mass is 16.1. The van der Waals surface area contributed by atoms with E-state index in [0.717, 1.165) is 6.29 Å². The van der Waals surface area contributed by atoms with Crippen molar-refractivity contribution in [1.29, 1.82) is 0 Å². The lowest BCUT2D eigenvalue weighted by atomic mass is 10.2. The fourth-order valence-electron chi connectivity index (χ4n) is 1.50. The van der Waals surface area contributed by atoms with E-state index in [2.05, 4.69) is 10.4 Å². The zero-order chi connectivity index (χ0) is 12.3. The smallest absolute Gasteiger partial charge is 0.271 e. The third kappa shape index (κ3) is 2.08. The summed E-state index contributed by atoms with van der Waals surface area (Å²) < 4.78 is 1.51. The molecule has 0 aliphatic heterocycles. The summed E-state index contributed by atoms with van der Waals surface area (Å²) in [5.74, 6) is -0.257. The van der Waals surface area contributed by atoms with Gasteiger partial charge in [-0.05, 0) is 18.2 Å². The zero-order valence-corrected chi connectivity index (χ0v) is 9.25. The Bertz CT molecular complexity index is 560. The number of carbonyl (C=O) groups is 2. The summed E-state index contributed by atoms with van der Waals surface area (Å²) in [6.07, 6.45) is 2.41. The van der Waals surface area contributed by atoms with E-state index in [1.165, 1.54) is 4.68 Å². The number of aromatic nitrogens is 2. The van der Waals surface area contributed by atoms with Gasteiger partial charge in [-0.15, -0.1) is 0 Å². The number of hydrogen-bond donors (Lipinski definition) is 1. The SMILES string of the molecule is CNC(=O)c1ccn(-c2ccccc2C=O)n1. The highest BCUT2D eigenvalue weighted by molar-refractivity contribution is 5.92. The van der Waals surface area contributed by atoms with Gasteiger partial charge >= 0.3 is 0 Å². The number of carbonyl (C=O) groups excluding carboxylic acids is 2. The highest BCUT2D eigenvalue weighted by Crippen LogP contribution is 2.12. The van der Waals surface area contributed by atoms with Crippen LogP contribution in [-0.4, -0.2) is 29.0 Å². The van der Waals surface area contributed by atoms with Crippen molar-refractivity contribution < 1.29 is 9.59 Å². The minimum atomic E-state index is -0.257. The van der Waals surface area contributed by atoms with Crippen LogP contribution in [0.15, 0.2) is 36.5 Å². The molecule has 0 saturated carbocycles. The maximum absolute atomic E-state index is 11.4. The lowest BCUT2D eigenvalue weighted by Gasteiger charge is -2.03. The predicted molar refractivity (Wildman–Crippen MR) is 62.3 cm³/mol. The zero-order valence-electron chi connectivity index (χ0n) is 9.25. The second-order valence-corrected chi connectivity index (χ2v) is 3.40. The Balaban J connectivity index is 2.43. The summed E-state index contributed by atoms with van der Waals surface area (Å²) in [5.41, 5.74) is 1.49. The standard InChI is InChI=1S/C12H11N3O2/c1-13-12(17)10-6-7-15(14-10)11-5-3-2-4-9(11)8-16/h2-8H,1H3,(H,13,17). The molecule has 0 aliphatic carbocycles. The fraction of sp³-hybridized carbons (Fsp3) is 0.0833. The van der Waals surface area contributed by atoms with E-state index in [4.69, 9.17) is 0 Å². The lowest BCUT2D eigenvalue weighted by molar-refractivity contribution is 0.0957. The van der Waals surface area contributed by atoms with Crippen LogP contribution in [0.3, 0.4) is 0 Å². The van der Waals surface area contributed by atoms with Crippen molar-refractivity contribution in [2.24, 2.45) is 0 Å². The second kappa shape index (κ2) is 4.61. The third-order valence-electron chi connectivity index (χ3n) is 2.36. The molecule has 2 rings (SSSR count). The first-order valence-electron chi connectivity index (χ1n) is 5.08. The van der Waals surface area contributed by atoms with Crippen LogP contribution in [0.4, 0.5) is 0 Å². The van der Waals surface area contributed by atoms with Crippen molar-refractivity contribution in [3.63, 3.8) is 0 Å². The number of nitrogens with zero attached hydrogens (tertiary/aromatic N) is 2. The summed E-state index contributed by atoms with van der Waals surface area (Å²) in [6, 6.07) is 8.65. The van der Waals surface area contributed by atoms with Gasteiger partial charge in [0, 0.05) is 18.8 Å². The molecule has 0 aliphatic rings. The number of rotatable bonds is 3. The Morgan fingerprint density at radius 1 is 1.35 bits per heavy atom. The molecule has 1 amide bonds. The van der Waals surface area contributed by atoms with Gasteiger partial charge in [0.1, 0.15) is 0 Å². The van der Waals surface area contributed by atoms with Crippen LogP contribution < -0.4 is 5.32 Å². The average molecular weight is 229 g/mol. The molecular formula is C12H11N3O2. The first kappa shape index (κ1) is 11.1. The molecule has 0 spiro atoms. The predicted octanol–water partition coefficient (Wildman–Crippen LogP) is 1.04. The van der Waals surface area contributed by atoms with E-state index in [1.54, 1.807) is 37.5 Å². The maximum Gasteiger partial charge on any atom is 0.271 e. The molecule has 0 atom stereocenters. The number of benzene rings is 1. The minimum absolute atomic E-state index is 0.257. The van der Waals surface area contributed by atoms with Crippen molar-refractivity contribution in [3.05, 3.63) is 47.8 Å². The van der Waals surface area contributed by atoms with E-state index < -0.39 is 0 Å². The molecule has 5 nitrogen and oxygen atoms in total. The van der Waals surface area contributed by atoms with Gasteiger partial charge in [-0.3, -0.25) is 9.59 Å². The Morgan fingerprint density at radius 3 is 2.82 bits per heavy atom. The van der Waals surface area contributed by atoms with Crippen molar-refractivity contribution in [2.45, 2.75) is 0 Å². The van der Waals surface area contributed by atoms with Gasteiger partial charge in [-0.1, -0.05) is 12.1 Å². The number of nitrogens with one attached hydrogen (secondary N) is 1. The third-order valence-corrected chi connectivity index (χ3v) is 2.36. The first-order chi connectivity index (χ1) is 8.26. The van der Waals surface area contributed by atoms with E-state index >= 15 is 0 Å². The molecule has 0 bridgehead atoms. The number of hydrogen-bond acceptors (Lipinski definition) is 3. The van der Waals surface area contributed by atoms with Crippen molar-refractivity contribution in [1.82, 2.24) is 15.1 Å². The van der Waals surface area contributed by atoms with E-state index in [1.807, 2.05) is 6.07 Å². The summed E-state index contributed by atoms with van der Waals surface area (Å²) in [5, 5.41) is 6.60. The first-order valence-corrected chi connectivity index (χ1v) is 5.08. The Morgan fingerprint density at radius 2 is 2.12 bits per heavy atom. The number of amides is 1. The quantitative estimate of drug-likeness (QED) is 0.800. The fourth-order valence-corrected chi connectivity index (χ4v) is 1.50. The summed E-state index contributed by atoms with van der Waals surface area (Å²) >= 11 is 0. The molecule has 86 valence electrons. The van der Waals surface area contributed by atoms with E-state index in [-0.39, 0.29) is 5.91 Å². The van der Waals surface area contributed by atoms with Gasteiger partial charge in [0.15, 0.2) is 12.0 Å². The van der Waals surface area contributed by atoms with Crippen LogP contribution in [0.2, 0.25) is 0 Å². The average Bonchev–Trinajstić information content (AvgIpc) is 2.87. The Labute approximate surface area is 98.1 Å². The number of para-hydroxylation sites is 1. The van der Waals surface area contributed by atoms with Crippen molar-refractivity contribution >= 4 is 12.2 Å². The van der Waals surface area contributed by atoms with Gasteiger partial charge in [0.25, 0.3) is 5.91 Å². The van der Waals surface area contributed by atoms with Gasteiger partial charge in [-0.2, -0.15) is 5.10 Å². The van der Waals surface area contributed by atoms with Gasteiger partial charge in [0.2, 0.25) is 0 Å². The molecule has 1 aromatic carbocycles. The summed E-state index contributed by atoms with van der Waals surface area (Å²) in [7, 11) is 1.54. The van der Waals surface area contributed by atoms with Crippen LogP contribution in [-0.2, 0) is 0 Å². The molecule has 0 saturated heterocycles. The van der Waals surface area contributed by atoms with Crippen LogP contribution >= 0.6 is 0 Å². The molecule has 1 N–H and O–H groups in total. The van der Waals surface area contributed by atoms with Crippen LogP contribution in [0, 0.1) is 0 Å². The molecule has 5 heteroatoms. The Kier molecular flexibility index (Phi) is 3.00. The molecule has 17 heavy (non-hydrogen) atoms. The normalized spacial score (nSPS) is 9.94. The van der Waals surface area contributed by atoms with Crippen LogP contribution in [0.1, 0.15) is 20.8 Å². The van der Waals surface area contributed by atoms with Crippen molar-refractivity contribution in [2.75, 3.05) is 7.05 Å². The topological polar surface area (TPSA) is 64.0 Å². The Hall–Kier alpha value is -2.43. The van der Waals surface area contributed by atoms with E-state index in [9.17, 15) is 9.59 Å². The number of aldehydes is 1. The monoisotopic (exact) mass is 229 g/mol. The maximum atomic E-state index is 11.4. The van der Waals surface area contributed by atoms with Gasteiger partial charge in [-0.25, -0.2) is 4.68 Å². The van der Waals surface area contributed by atoms with Gasteiger partial charge < -0.3 is 5.32 Å². The summed E-state index contributed by atoms with van der Waals surface area (Å²) in [6.45, 7) is 0. The van der Waals surface area contributed by atoms with Crippen molar-refractivity contribution in [3.8, 4) is 5.69 Å². The molecule has 0 radical (unpaired) electrons. The second-order valence-electron chi connectivity index (χ2n) is 3.40. The minimum Gasteiger partial charge on any atom is -0.354 e. The largest absolute Gasteiger partial charge is 0.354 e. The molecule has 0 unspecified atom stereocenters. The highest BCUT2D eigenvalue weighted by Gasteiger charge is 2.09.